The van der Waals surface area contributed by atoms with E-state index in [1.807, 2.05) is 0 Å². The van der Waals surface area contributed by atoms with Crippen LogP contribution in [0.2, 0.25) is 0 Å². The number of halogens is 3. The molecule has 29 heavy (non-hydrogen) atoms. The fourth-order valence-corrected chi connectivity index (χ4v) is 2.25. The first kappa shape index (κ1) is 19.7. The molecule has 0 bridgehead atoms. The van der Waals surface area contributed by atoms with Gasteiger partial charge in [-0.05, 0) is 35.9 Å². The fraction of sp³-hybridized carbons (Fsp3) is 0.0556. The summed E-state index contributed by atoms with van der Waals surface area (Å²) in [6, 6.07) is 9.50. The normalized spacial score (nSPS) is 11.6. The molecule has 0 saturated heterocycles. The summed E-state index contributed by atoms with van der Waals surface area (Å²) in [7, 11) is 0. The van der Waals surface area contributed by atoms with E-state index in [4.69, 9.17) is 4.42 Å². The Bertz CT molecular complexity index is 1080. The van der Waals surface area contributed by atoms with Crippen LogP contribution in [0.25, 0.3) is 17.5 Å². The van der Waals surface area contributed by atoms with Crippen molar-refractivity contribution in [3.05, 3.63) is 75.8 Å². The number of alkyl halides is 3. The second-order valence-electron chi connectivity index (χ2n) is 5.66. The SMILES string of the molecule is O=C(C=Cc1cccc([N+](=O)[O-])c1)Nc1nnc(-c2ccc(C(F)(F)F)cc2)o1. The number of non-ortho nitro benzene ring substituents is 1. The Hall–Kier alpha value is -4.02. The number of nitro benzene ring substituents is 1. The second kappa shape index (κ2) is 7.92. The third-order valence-electron chi connectivity index (χ3n) is 3.62. The van der Waals surface area contributed by atoms with Crippen LogP contribution in [-0.4, -0.2) is 21.0 Å². The molecule has 1 N–H and O–H groups in total. The van der Waals surface area contributed by atoms with Gasteiger partial charge in [-0.25, -0.2) is 0 Å². The molecule has 0 unspecified atom stereocenters. The summed E-state index contributed by atoms with van der Waals surface area (Å²) < 4.78 is 43.0. The van der Waals surface area contributed by atoms with Gasteiger partial charge >= 0.3 is 12.2 Å². The van der Waals surface area contributed by atoms with Gasteiger partial charge in [0.2, 0.25) is 5.89 Å². The lowest BCUT2D eigenvalue weighted by molar-refractivity contribution is -0.384. The first-order valence-electron chi connectivity index (χ1n) is 7.97. The quantitative estimate of drug-likeness (QED) is 0.385. The standard InChI is InChI=1S/C18H11F3N4O4/c19-18(20,21)13-7-5-12(6-8-13)16-23-24-17(29-16)22-15(26)9-4-11-2-1-3-14(10-11)25(27)28/h1-10H,(H,22,24,26). The molecule has 0 aliphatic rings. The Labute approximate surface area is 160 Å². The van der Waals surface area contributed by atoms with E-state index >= 15 is 0 Å². The van der Waals surface area contributed by atoms with Crippen molar-refractivity contribution in [1.29, 1.82) is 0 Å². The number of aromatic nitrogens is 2. The van der Waals surface area contributed by atoms with Crippen LogP contribution < -0.4 is 5.32 Å². The Morgan fingerprint density at radius 2 is 1.86 bits per heavy atom. The lowest BCUT2D eigenvalue weighted by Gasteiger charge is -2.05. The molecule has 1 aromatic heterocycles. The molecule has 0 radical (unpaired) electrons. The van der Waals surface area contributed by atoms with Crippen molar-refractivity contribution in [2.24, 2.45) is 0 Å². The smallest absolute Gasteiger partial charge is 0.403 e. The molecule has 3 aromatic rings. The van der Waals surface area contributed by atoms with Gasteiger partial charge in [0, 0.05) is 23.8 Å². The van der Waals surface area contributed by atoms with Crippen LogP contribution in [0.15, 0.2) is 59.0 Å². The topological polar surface area (TPSA) is 111 Å². The number of hydrogen-bond acceptors (Lipinski definition) is 6. The van der Waals surface area contributed by atoms with E-state index in [-0.39, 0.29) is 23.2 Å². The molecule has 0 spiro atoms. The van der Waals surface area contributed by atoms with Crippen molar-refractivity contribution in [3.63, 3.8) is 0 Å². The van der Waals surface area contributed by atoms with Crippen LogP contribution in [-0.2, 0) is 11.0 Å². The van der Waals surface area contributed by atoms with Crippen LogP contribution in [0.3, 0.4) is 0 Å². The van der Waals surface area contributed by atoms with Gasteiger partial charge in [-0.1, -0.05) is 17.2 Å². The predicted molar refractivity (Wildman–Crippen MR) is 95.5 cm³/mol. The number of nitrogens with zero attached hydrogens (tertiary/aromatic N) is 3. The minimum absolute atomic E-state index is 0.0725. The molecule has 3 rings (SSSR count). The third-order valence-corrected chi connectivity index (χ3v) is 3.62. The molecule has 0 fully saturated rings. The number of carbonyl (C=O) groups is 1. The second-order valence-corrected chi connectivity index (χ2v) is 5.66. The summed E-state index contributed by atoms with van der Waals surface area (Å²) in [5.74, 6) is -0.712. The zero-order chi connectivity index (χ0) is 21.0. The summed E-state index contributed by atoms with van der Waals surface area (Å²) in [5.41, 5.74) is -0.255. The molecule has 1 heterocycles. The Kier molecular flexibility index (Phi) is 5.39. The van der Waals surface area contributed by atoms with Crippen molar-refractivity contribution >= 4 is 23.7 Å². The van der Waals surface area contributed by atoms with Crippen LogP contribution in [0.5, 0.6) is 0 Å². The van der Waals surface area contributed by atoms with Gasteiger partial charge in [0.25, 0.3) is 11.6 Å². The van der Waals surface area contributed by atoms with Crippen molar-refractivity contribution in [2.75, 3.05) is 5.32 Å². The van der Waals surface area contributed by atoms with Crippen molar-refractivity contribution < 1.29 is 27.3 Å². The Morgan fingerprint density at radius 3 is 2.52 bits per heavy atom. The first-order valence-corrected chi connectivity index (χ1v) is 7.97. The lowest BCUT2D eigenvalue weighted by atomic mass is 10.1. The molecular formula is C18H11F3N4O4. The molecule has 0 saturated carbocycles. The predicted octanol–water partition coefficient (Wildman–Crippen LogP) is 4.32. The van der Waals surface area contributed by atoms with E-state index in [2.05, 4.69) is 15.5 Å². The average Bonchev–Trinajstić information content (AvgIpc) is 3.14. The number of rotatable bonds is 5. The molecule has 0 aliphatic carbocycles. The van der Waals surface area contributed by atoms with Gasteiger partial charge in [0.1, 0.15) is 0 Å². The highest BCUT2D eigenvalue weighted by Crippen LogP contribution is 2.30. The summed E-state index contributed by atoms with van der Waals surface area (Å²) in [6.45, 7) is 0. The van der Waals surface area contributed by atoms with Crippen LogP contribution in [0, 0.1) is 10.1 Å². The number of benzene rings is 2. The van der Waals surface area contributed by atoms with Gasteiger partial charge in [-0.15, -0.1) is 5.10 Å². The van der Waals surface area contributed by atoms with E-state index in [9.17, 15) is 28.1 Å². The van der Waals surface area contributed by atoms with Crippen molar-refractivity contribution in [3.8, 4) is 11.5 Å². The minimum atomic E-state index is -4.46. The minimum Gasteiger partial charge on any atom is -0.403 e. The average molecular weight is 404 g/mol. The molecular weight excluding hydrogens is 393 g/mol. The molecule has 148 valence electrons. The lowest BCUT2D eigenvalue weighted by Crippen LogP contribution is -2.07. The molecule has 0 aliphatic heterocycles. The van der Waals surface area contributed by atoms with Crippen molar-refractivity contribution in [1.82, 2.24) is 10.2 Å². The molecule has 1 amide bonds. The van der Waals surface area contributed by atoms with Crippen LogP contribution >= 0.6 is 0 Å². The van der Waals surface area contributed by atoms with Crippen molar-refractivity contribution in [2.45, 2.75) is 6.18 Å². The highest BCUT2D eigenvalue weighted by Gasteiger charge is 2.30. The summed E-state index contributed by atoms with van der Waals surface area (Å²) in [4.78, 5) is 22.1. The Balaban J connectivity index is 1.66. The van der Waals surface area contributed by atoms with E-state index in [0.717, 1.165) is 18.2 Å². The zero-order valence-corrected chi connectivity index (χ0v) is 14.4. The number of amides is 1. The van der Waals surface area contributed by atoms with Gasteiger partial charge in [-0.2, -0.15) is 13.2 Å². The number of carbonyl (C=O) groups excluding carboxylic acids is 1. The number of hydrogen-bond donors (Lipinski definition) is 1. The molecule has 2 aromatic carbocycles. The maximum Gasteiger partial charge on any atom is 0.416 e. The van der Waals surface area contributed by atoms with Gasteiger partial charge in [0.15, 0.2) is 0 Å². The van der Waals surface area contributed by atoms with E-state index in [1.165, 1.54) is 36.4 Å². The first-order chi connectivity index (χ1) is 13.7. The van der Waals surface area contributed by atoms with Crippen LogP contribution in [0.4, 0.5) is 24.9 Å². The number of anilines is 1. The number of nitro groups is 1. The maximum absolute atomic E-state index is 12.6. The zero-order valence-electron chi connectivity index (χ0n) is 14.4. The molecule has 11 heteroatoms. The van der Waals surface area contributed by atoms with Gasteiger partial charge in [0.05, 0.1) is 10.5 Å². The molecule has 8 nitrogen and oxygen atoms in total. The summed E-state index contributed by atoms with van der Waals surface area (Å²) >= 11 is 0. The highest BCUT2D eigenvalue weighted by molar-refractivity contribution is 6.00. The third kappa shape index (κ3) is 5.03. The molecule has 0 atom stereocenters. The summed E-state index contributed by atoms with van der Waals surface area (Å²) in [5, 5.41) is 20.3. The number of nitrogens with one attached hydrogen (secondary N) is 1. The Morgan fingerprint density at radius 1 is 1.14 bits per heavy atom. The maximum atomic E-state index is 12.6. The van der Waals surface area contributed by atoms with Crippen LogP contribution in [0.1, 0.15) is 11.1 Å². The van der Waals surface area contributed by atoms with E-state index in [0.29, 0.717) is 5.56 Å². The fourth-order valence-electron chi connectivity index (χ4n) is 2.25. The largest absolute Gasteiger partial charge is 0.416 e. The van der Waals surface area contributed by atoms with E-state index in [1.54, 1.807) is 6.07 Å². The van der Waals surface area contributed by atoms with E-state index < -0.39 is 22.6 Å². The monoisotopic (exact) mass is 404 g/mol. The van der Waals surface area contributed by atoms with Gasteiger partial charge < -0.3 is 4.42 Å². The summed E-state index contributed by atoms with van der Waals surface area (Å²) in [6.07, 6.45) is -1.99. The van der Waals surface area contributed by atoms with Gasteiger partial charge in [-0.3, -0.25) is 20.2 Å². The highest BCUT2D eigenvalue weighted by atomic mass is 19.4.